The van der Waals surface area contributed by atoms with E-state index in [2.05, 4.69) is 77.2 Å². The molecule has 0 saturated heterocycles. The first-order valence-corrected chi connectivity index (χ1v) is 12.3. The number of ether oxygens (including phenoxy) is 1. The van der Waals surface area contributed by atoms with Gasteiger partial charge in [0.15, 0.2) is 0 Å². The third kappa shape index (κ3) is 5.51. The molecule has 0 amide bonds. The van der Waals surface area contributed by atoms with Gasteiger partial charge in [-0.2, -0.15) is 5.10 Å². The summed E-state index contributed by atoms with van der Waals surface area (Å²) < 4.78 is 7.73. The maximum atomic E-state index is 12.0. The summed E-state index contributed by atoms with van der Waals surface area (Å²) in [5.41, 5.74) is 5.28. The van der Waals surface area contributed by atoms with Gasteiger partial charge in [0.1, 0.15) is 11.6 Å². The van der Waals surface area contributed by atoms with Crippen molar-refractivity contribution in [1.29, 1.82) is 0 Å². The number of carbonyl (C=O) groups is 1. The Labute approximate surface area is 214 Å². The molecule has 5 nitrogen and oxygen atoms in total. The highest BCUT2D eigenvalue weighted by Crippen LogP contribution is 2.43. The van der Waals surface area contributed by atoms with E-state index in [-0.39, 0.29) is 16.8 Å². The Kier molecular flexibility index (Phi) is 6.77. The largest absolute Gasteiger partial charge is 0.426 e. The highest BCUT2D eigenvalue weighted by molar-refractivity contribution is 5.74. The van der Waals surface area contributed by atoms with Crippen LogP contribution in [0.1, 0.15) is 59.6 Å². The van der Waals surface area contributed by atoms with Crippen LogP contribution in [0.4, 0.5) is 11.5 Å². The second-order valence-electron chi connectivity index (χ2n) is 11.1. The molecule has 4 rings (SSSR count). The number of anilines is 2. The molecule has 0 fully saturated rings. The van der Waals surface area contributed by atoms with Gasteiger partial charge in [-0.25, -0.2) is 4.68 Å². The standard InChI is InChI=1S/C31H35N3O2/c1-21(35)36-29-25(30(2,3)4)18-23(19-26(29)31(5,6)7)32-28-20-27(22-14-10-8-11-15-22)33-34(28)24-16-12-9-13-17-24/h8-20,32H,1-7H3. The zero-order valence-electron chi connectivity index (χ0n) is 22.2. The van der Waals surface area contributed by atoms with Crippen molar-refractivity contribution in [1.82, 2.24) is 9.78 Å². The van der Waals surface area contributed by atoms with Gasteiger partial charge in [0.2, 0.25) is 0 Å². The molecular weight excluding hydrogens is 446 g/mol. The molecule has 1 heterocycles. The van der Waals surface area contributed by atoms with E-state index >= 15 is 0 Å². The molecule has 0 aliphatic carbocycles. The number of esters is 1. The van der Waals surface area contributed by atoms with Crippen LogP contribution in [-0.2, 0) is 15.6 Å². The Morgan fingerprint density at radius 1 is 0.806 bits per heavy atom. The lowest BCUT2D eigenvalue weighted by molar-refractivity contribution is -0.132. The molecule has 3 aromatic carbocycles. The summed E-state index contributed by atoms with van der Waals surface area (Å²) in [7, 11) is 0. The van der Waals surface area contributed by atoms with Gasteiger partial charge < -0.3 is 10.1 Å². The monoisotopic (exact) mass is 481 g/mol. The molecule has 0 aliphatic rings. The van der Waals surface area contributed by atoms with Gasteiger partial charge in [-0.1, -0.05) is 90.1 Å². The van der Waals surface area contributed by atoms with Crippen LogP contribution < -0.4 is 10.1 Å². The number of nitrogens with one attached hydrogen (secondary N) is 1. The van der Waals surface area contributed by atoms with Gasteiger partial charge in [-0.05, 0) is 35.1 Å². The fourth-order valence-corrected chi connectivity index (χ4v) is 4.20. The molecule has 0 bridgehead atoms. The van der Waals surface area contributed by atoms with E-state index in [0.29, 0.717) is 5.75 Å². The smallest absolute Gasteiger partial charge is 0.308 e. The van der Waals surface area contributed by atoms with Gasteiger partial charge in [0.05, 0.1) is 11.4 Å². The van der Waals surface area contributed by atoms with Crippen LogP contribution in [0, 0.1) is 0 Å². The Morgan fingerprint density at radius 2 is 1.33 bits per heavy atom. The van der Waals surface area contributed by atoms with Crippen LogP contribution in [0.5, 0.6) is 5.75 Å². The third-order valence-electron chi connectivity index (χ3n) is 6.00. The molecule has 0 aliphatic heterocycles. The molecule has 186 valence electrons. The molecule has 1 aromatic heterocycles. The fourth-order valence-electron chi connectivity index (χ4n) is 4.20. The van der Waals surface area contributed by atoms with E-state index in [4.69, 9.17) is 9.84 Å². The molecule has 0 spiro atoms. The summed E-state index contributed by atoms with van der Waals surface area (Å²) >= 11 is 0. The van der Waals surface area contributed by atoms with Crippen LogP contribution in [0.3, 0.4) is 0 Å². The quantitative estimate of drug-likeness (QED) is 0.233. The SMILES string of the molecule is CC(=O)Oc1c(C(C)(C)C)cc(Nc2cc(-c3ccccc3)nn2-c2ccccc2)cc1C(C)(C)C. The van der Waals surface area contributed by atoms with Gasteiger partial charge in [0.25, 0.3) is 0 Å². The minimum absolute atomic E-state index is 0.239. The summed E-state index contributed by atoms with van der Waals surface area (Å²) in [6.45, 7) is 14.2. The number of carbonyl (C=O) groups excluding carboxylic acids is 1. The van der Waals surface area contributed by atoms with Gasteiger partial charge in [-0.3, -0.25) is 4.79 Å². The summed E-state index contributed by atoms with van der Waals surface area (Å²) in [6.07, 6.45) is 0. The molecule has 5 heteroatoms. The second kappa shape index (κ2) is 9.65. The van der Waals surface area contributed by atoms with E-state index in [9.17, 15) is 4.79 Å². The number of rotatable bonds is 5. The van der Waals surface area contributed by atoms with Crippen molar-refractivity contribution in [2.45, 2.75) is 59.3 Å². The molecular formula is C31H35N3O2. The fraction of sp³-hybridized carbons (Fsp3) is 0.290. The van der Waals surface area contributed by atoms with Crippen molar-refractivity contribution >= 4 is 17.5 Å². The summed E-state index contributed by atoms with van der Waals surface area (Å²) in [4.78, 5) is 12.0. The van der Waals surface area contributed by atoms with Crippen LogP contribution in [-0.4, -0.2) is 15.7 Å². The third-order valence-corrected chi connectivity index (χ3v) is 6.00. The van der Waals surface area contributed by atoms with Crippen LogP contribution in [0.15, 0.2) is 78.9 Å². The van der Waals surface area contributed by atoms with Gasteiger partial charge >= 0.3 is 5.97 Å². The maximum Gasteiger partial charge on any atom is 0.308 e. The highest BCUT2D eigenvalue weighted by Gasteiger charge is 2.29. The van der Waals surface area contributed by atoms with E-state index in [0.717, 1.165) is 39.6 Å². The Hall–Kier alpha value is -3.86. The Morgan fingerprint density at radius 3 is 1.83 bits per heavy atom. The van der Waals surface area contributed by atoms with E-state index < -0.39 is 0 Å². The number of hydrogen-bond donors (Lipinski definition) is 1. The number of aromatic nitrogens is 2. The lowest BCUT2D eigenvalue weighted by Crippen LogP contribution is -2.21. The zero-order chi connectivity index (χ0) is 26.1. The average molecular weight is 482 g/mol. The number of nitrogens with zero attached hydrogens (tertiary/aromatic N) is 2. The predicted molar refractivity (Wildman–Crippen MR) is 147 cm³/mol. The minimum Gasteiger partial charge on any atom is -0.426 e. The molecule has 0 saturated carbocycles. The first-order chi connectivity index (χ1) is 16.9. The van der Waals surface area contributed by atoms with Crippen molar-refractivity contribution in [3.63, 3.8) is 0 Å². The number of hydrogen-bond acceptors (Lipinski definition) is 4. The highest BCUT2D eigenvalue weighted by atomic mass is 16.5. The topological polar surface area (TPSA) is 56.1 Å². The van der Waals surface area contributed by atoms with Crippen molar-refractivity contribution < 1.29 is 9.53 Å². The first kappa shape index (κ1) is 25.2. The van der Waals surface area contributed by atoms with Crippen molar-refractivity contribution in [2.24, 2.45) is 0 Å². The number of benzene rings is 3. The molecule has 36 heavy (non-hydrogen) atoms. The molecule has 0 unspecified atom stereocenters. The average Bonchev–Trinajstić information content (AvgIpc) is 3.23. The first-order valence-electron chi connectivity index (χ1n) is 12.3. The number of para-hydroxylation sites is 1. The summed E-state index contributed by atoms with van der Waals surface area (Å²) in [5.74, 6) is 1.18. The van der Waals surface area contributed by atoms with Crippen LogP contribution in [0.2, 0.25) is 0 Å². The van der Waals surface area contributed by atoms with Gasteiger partial charge in [-0.15, -0.1) is 0 Å². The molecule has 1 N–H and O–H groups in total. The Balaban J connectivity index is 1.89. The van der Waals surface area contributed by atoms with Crippen molar-refractivity contribution in [3.05, 3.63) is 90.0 Å². The molecule has 4 aromatic rings. The molecule has 0 radical (unpaired) electrons. The van der Waals surface area contributed by atoms with Crippen molar-refractivity contribution in [2.75, 3.05) is 5.32 Å². The Bertz CT molecular complexity index is 1320. The normalized spacial score (nSPS) is 11.9. The van der Waals surface area contributed by atoms with E-state index in [1.54, 1.807) is 0 Å². The lowest BCUT2D eigenvalue weighted by Gasteiger charge is -2.30. The maximum absolute atomic E-state index is 12.0. The lowest BCUT2D eigenvalue weighted by atomic mass is 9.79. The van der Waals surface area contributed by atoms with Crippen molar-refractivity contribution in [3.8, 4) is 22.7 Å². The minimum atomic E-state index is -0.318. The van der Waals surface area contributed by atoms with E-state index in [1.165, 1.54) is 6.92 Å². The van der Waals surface area contributed by atoms with E-state index in [1.807, 2.05) is 53.2 Å². The second-order valence-corrected chi connectivity index (χ2v) is 11.1. The van der Waals surface area contributed by atoms with Crippen LogP contribution >= 0.6 is 0 Å². The predicted octanol–water partition coefficient (Wildman–Crippen LogP) is 7.80. The van der Waals surface area contributed by atoms with Gasteiger partial charge in [0, 0.05) is 35.4 Å². The zero-order valence-corrected chi connectivity index (χ0v) is 22.2. The summed E-state index contributed by atoms with van der Waals surface area (Å²) in [5, 5.41) is 8.56. The summed E-state index contributed by atoms with van der Waals surface area (Å²) in [6, 6.07) is 26.5. The van der Waals surface area contributed by atoms with Crippen LogP contribution in [0.25, 0.3) is 16.9 Å². The molecule has 0 atom stereocenters.